The molecule has 0 aliphatic carbocycles. The summed E-state index contributed by atoms with van der Waals surface area (Å²) in [4.78, 5) is 23.9. The maximum absolute atomic E-state index is 12.7. The van der Waals surface area contributed by atoms with E-state index < -0.39 is 11.9 Å². The topological polar surface area (TPSA) is 117 Å². The average molecular weight is 527 g/mol. The SMILES string of the molecule is CC(=NNC(=O)c1ccc(C(=O)O)c(Br)c1C)c1nn(C)c(-c2ccc(C(C)(C)C)cc2)c1O. The van der Waals surface area contributed by atoms with Gasteiger partial charge in [0.2, 0.25) is 0 Å². The molecular formula is C25H27BrN4O4. The van der Waals surface area contributed by atoms with Crippen LogP contribution in [0.15, 0.2) is 46.0 Å². The van der Waals surface area contributed by atoms with Crippen LogP contribution in [0.1, 0.15) is 65.2 Å². The fourth-order valence-corrected chi connectivity index (χ4v) is 4.07. The van der Waals surface area contributed by atoms with Crippen LogP contribution >= 0.6 is 15.9 Å². The molecule has 2 aromatic carbocycles. The van der Waals surface area contributed by atoms with E-state index in [0.717, 1.165) is 5.56 Å². The lowest BCUT2D eigenvalue weighted by molar-refractivity contribution is 0.0695. The molecule has 1 aromatic heterocycles. The molecule has 0 fully saturated rings. The number of carboxylic acids is 1. The molecule has 0 saturated heterocycles. The number of carbonyl (C=O) groups is 2. The monoisotopic (exact) mass is 526 g/mol. The number of aromatic hydroxyl groups is 1. The third-order valence-electron chi connectivity index (χ3n) is 5.58. The Balaban J connectivity index is 1.86. The zero-order valence-electron chi connectivity index (χ0n) is 19.9. The Bertz CT molecular complexity index is 1300. The van der Waals surface area contributed by atoms with Crippen molar-refractivity contribution in [3.8, 4) is 17.0 Å². The van der Waals surface area contributed by atoms with Crippen LogP contribution in [0.5, 0.6) is 5.75 Å². The number of hydrazone groups is 1. The van der Waals surface area contributed by atoms with E-state index in [9.17, 15) is 19.8 Å². The molecule has 0 aliphatic rings. The lowest BCUT2D eigenvalue weighted by Crippen LogP contribution is -2.21. The molecule has 3 N–H and O–H groups in total. The van der Waals surface area contributed by atoms with Crippen LogP contribution in [0.25, 0.3) is 11.3 Å². The first kappa shape index (κ1) is 25.2. The van der Waals surface area contributed by atoms with E-state index in [1.54, 1.807) is 25.6 Å². The summed E-state index contributed by atoms with van der Waals surface area (Å²) in [5.41, 5.74) is 6.38. The smallest absolute Gasteiger partial charge is 0.336 e. The van der Waals surface area contributed by atoms with Gasteiger partial charge in [-0.2, -0.15) is 10.2 Å². The zero-order chi connectivity index (χ0) is 25.4. The molecule has 0 spiro atoms. The highest BCUT2D eigenvalue weighted by atomic mass is 79.9. The molecule has 3 aromatic rings. The van der Waals surface area contributed by atoms with E-state index >= 15 is 0 Å². The second-order valence-electron chi connectivity index (χ2n) is 9.04. The number of carbonyl (C=O) groups excluding carboxylic acids is 1. The minimum atomic E-state index is -1.09. The van der Waals surface area contributed by atoms with Crippen molar-refractivity contribution in [2.45, 2.75) is 40.0 Å². The Morgan fingerprint density at radius 2 is 1.68 bits per heavy atom. The number of halogens is 1. The quantitative estimate of drug-likeness (QED) is 0.319. The summed E-state index contributed by atoms with van der Waals surface area (Å²) in [5, 5.41) is 28.6. The highest BCUT2D eigenvalue weighted by Gasteiger charge is 2.21. The average Bonchev–Trinajstić information content (AvgIpc) is 3.06. The molecule has 0 aliphatic heterocycles. The van der Waals surface area contributed by atoms with Crippen molar-refractivity contribution in [3.05, 3.63) is 68.8 Å². The van der Waals surface area contributed by atoms with Gasteiger partial charge in [0, 0.05) is 22.6 Å². The molecule has 34 heavy (non-hydrogen) atoms. The van der Waals surface area contributed by atoms with E-state index in [4.69, 9.17) is 0 Å². The van der Waals surface area contributed by atoms with Crippen molar-refractivity contribution < 1.29 is 19.8 Å². The zero-order valence-corrected chi connectivity index (χ0v) is 21.5. The van der Waals surface area contributed by atoms with Crippen LogP contribution in [-0.2, 0) is 12.5 Å². The van der Waals surface area contributed by atoms with E-state index in [-0.39, 0.29) is 28.0 Å². The second kappa shape index (κ2) is 9.42. The van der Waals surface area contributed by atoms with Crippen LogP contribution in [0, 0.1) is 6.92 Å². The van der Waals surface area contributed by atoms with Gasteiger partial charge in [-0.25, -0.2) is 10.2 Å². The largest absolute Gasteiger partial charge is 0.504 e. The molecule has 0 unspecified atom stereocenters. The number of nitrogens with one attached hydrogen (secondary N) is 1. The van der Waals surface area contributed by atoms with E-state index in [1.807, 2.05) is 24.3 Å². The van der Waals surface area contributed by atoms with Gasteiger partial charge in [0.1, 0.15) is 5.69 Å². The third kappa shape index (κ3) is 4.89. The molecule has 0 atom stereocenters. The normalized spacial score (nSPS) is 12.0. The first-order valence-corrected chi connectivity index (χ1v) is 11.4. The Morgan fingerprint density at radius 3 is 2.24 bits per heavy atom. The minimum absolute atomic E-state index is 0.0154. The molecule has 1 heterocycles. The molecule has 0 saturated carbocycles. The number of nitrogens with zero attached hydrogens (tertiary/aromatic N) is 3. The predicted molar refractivity (Wildman–Crippen MR) is 135 cm³/mol. The number of carboxylic acid groups (broad SMARTS) is 1. The number of aryl methyl sites for hydroxylation is 1. The molecule has 3 rings (SSSR count). The molecule has 1 amide bonds. The van der Waals surface area contributed by atoms with E-state index in [0.29, 0.717) is 21.4 Å². The Labute approximate surface area is 206 Å². The number of aromatic nitrogens is 2. The number of hydrogen-bond acceptors (Lipinski definition) is 5. The third-order valence-corrected chi connectivity index (χ3v) is 6.60. The molecule has 8 nitrogen and oxygen atoms in total. The molecular weight excluding hydrogens is 500 g/mol. The second-order valence-corrected chi connectivity index (χ2v) is 9.83. The maximum Gasteiger partial charge on any atom is 0.336 e. The minimum Gasteiger partial charge on any atom is -0.504 e. The summed E-state index contributed by atoms with van der Waals surface area (Å²) >= 11 is 3.23. The summed E-state index contributed by atoms with van der Waals surface area (Å²) in [6.07, 6.45) is 0. The molecule has 178 valence electrons. The van der Waals surface area contributed by atoms with Crippen molar-refractivity contribution in [1.29, 1.82) is 0 Å². The number of rotatable bonds is 5. The predicted octanol–water partition coefficient (Wildman–Crippen LogP) is 5.01. The highest BCUT2D eigenvalue weighted by molar-refractivity contribution is 9.10. The van der Waals surface area contributed by atoms with Crippen LogP contribution in [0.3, 0.4) is 0 Å². The van der Waals surface area contributed by atoms with Crippen LogP contribution in [-0.4, -0.2) is 37.6 Å². The van der Waals surface area contributed by atoms with Crippen molar-refractivity contribution in [1.82, 2.24) is 15.2 Å². The lowest BCUT2D eigenvalue weighted by atomic mass is 9.86. The lowest BCUT2D eigenvalue weighted by Gasteiger charge is -2.19. The van der Waals surface area contributed by atoms with Crippen molar-refractivity contribution >= 4 is 33.5 Å². The van der Waals surface area contributed by atoms with Gasteiger partial charge in [0.05, 0.1) is 11.3 Å². The van der Waals surface area contributed by atoms with Crippen molar-refractivity contribution in [2.24, 2.45) is 12.1 Å². The summed E-state index contributed by atoms with van der Waals surface area (Å²) in [5.74, 6) is -1.64. The highest BCUT2D eigenvalue weighted by Crippen LogP contribution is 2.33. The van der Waals surface area contributed by atoms with Gasteiger partial charge >= 0.3 is 5.97 Å². The van der Waals surface area contributed by atoms with Gasteiger partial charge in [0.25, 0.3) is 5.91 Å². The van der Waals surface area contributed by atoms with Gasteiger partial charge < -0.3 is 10.2 Å². The first-order chi connectivity index (χ1) is 15.8. The summed E-state index contributed by atoms with van der Waals surface area (Å²) < 4.78 is 1.90. The van der Waals surface area contributed by atoms with Crippen molar-refractivity contribution in [3.63, 3.8) is 0 Å². The Hall–Kier alpha value is -3.46. The standard InChI is InChI=1S/C25H27BrN4O4/c1-13-17(11-12-18(19(13)26)24(33)34)23(32)28-27-14(2)20-22(31)21(30(6)29-20)15-7-9-16(10-8-15)25(3,4)5/h7-12,31H,1-6H3,(H,28,32)(H,33,34). The van der Waals surface area contributed by atoms with Crippen LogP contribution in [0.2, 0.25) is 0 Å². The van der Waals surface area contributed by atoms with E-state index in [1.165, 1.54) is 17.7 Å². The number of benzene rings is 2. The van der Waals surface area contributed by atoms with Gasteiger partial charge in [-0.3, -0.25) is 9.48 Å². The van der Waals surface area contributed by atoms with Gasteiger partial charge in [-0.1, -0.05) is 45.0 Å². The molecule has 0 bridgehead atoms. The number of amides is 1. The van der Waals surface area contributed by atoms with E-state index in [2.05, 4.69) is 52.3 Å². The van der Waals surface area contributed by atoms with Gasteiger partial charge in [0.15, 0.2) is 11.4 Å². The maximum atomic E-state index is 12.7. The first-order valence-electron chi connectivity index (χ1n) is 10.6. The molecule has 9 heteroatoms. The fourth-order valence-electron chi connectivity index (χ4n) is 3.55. The van der Waals surface area contributed by atoms with Gasteiger partial charge in [-0.05, 0) is 58.5 Å². The Morgan fingerprint density at radius 1 is 1.09 bits per heavy atom. The Kier molecular flexibility index (Phi) is 6.97. The number of aromatic carboxylic acids is 1. The summed E-state index contributed by atoms with van der Waals surface area (Å²) in [6, 6.07) is 10.7. The number of hydrogen-bond donors (Lipinski definition) is 3. The van der Waals surface area contributed by atoms with Gasteiger partial charge in [-0.15, -0.1) is 0 Å². The van der Waals surface area contributed by atoms with Crippen LogP contribution < -0.4 is 5.43 Å². The fraction of sp³-hybridized carbons (Fsp3) is 0.280. The van der Waals surface area contributed by atoms with Crippen LogP contribution in [0.4, 0.5) is 0 Å². The molecule has 0 radical (unpaired) electrons. The summed E-state index contributed by atoms with van der Waals surface area (Å²) in [6.45, 7) is 9.68. The summed E-state index contributed by atoms with van der Waals surface area (Å²) in [7, 11) is 1.73. The van der Waals surface area contributed by atoms with Crippen molar-refractivity contribution in [2.75, 3.05) is 0 Å².